The second kappa shape index (κ2) is 12.0. The third-order valence-electron chi connectivity index (χ3n) is 7.40. The van der Waals surface area contributed by atoms with Crippen LogP contribution >= 0.6 is 11.6 Å². The molecule has 3 aromatic rings. The van der Waals surface area contributed by atoms with Crippen molar-refractivity contribution in [2.45, 2.75) is 52.2 Å². The lowest BCUT2D eigenvalue weighted by Gasteiger charge is -2.32. The van der Waals surface area contributed by atoms with Gasteiger partial charge in [-0.1, -0.05) is 55.8 Å². The number of fused-ring (bicyclic) bond motifs is 1. The van der Waals surface area contributed by atoms with Crippen LogP contribution in [0.4, 0.5) is 5.69 Å². The maximum Gasteiger partial charge on any atom is 0.256 e. The number of benzene rings is 3. The highest BCUT2D eigenvalue weighted by atomic mass is 35.5. The molecule has 0 aromatic heterocycles. The van der Waals surface area contributed by atoms with E-state index in [1.165, 1.54) is 0 Å². The molecular formula is C32H39ClN4O3. The second-order valence-electron chi connectivity index (χ2n) is 10.8. The van der Waals surface area contributed by atoms with Crippen LogP contribution in [0.2, 0.25) is 5.02 Å². The van der Waals surface area contributed by atoms with Gasteiger partial charge in [-0.05, 0) is 75.8 Å². The minimum atomic E-state index is -1.46. The molecule has 7 nitrogen and oxygen atoms in total. The summed E-state index contributed by atoms with van der Waals surface area (Å²) >= 11 is 6.55. The standard InChI is InChI=1S/C32H39ClN4O3/c1-6-36(7-2)21-31(4,5)35-29(38)23-15-13-22(14-16-23)20-37-28-18-17-24(40-8-3)19-26(28)32(34,30(37)39)25-11-9-10-12-27(25)33/h9-19H,6-8,20-21,34H2,1-5H3,(H,35,38). The molecule has 0 radical (unpaired) electrons. The summed E-state index contributed by atoms with van der Waals surface area (Å²) in [5.41, 5.74) is 8.42. The molecule has 1 aliphatic heterocycles. The minimum absolute atomic E-state index is 0.130. The van der Waals surface area contributed by atoms with Crippen LogP contribution in [0.1, 0.15) is 61.7 Å². The third-order valence-corrected chi connectivity index (χ3v) is 7.73. The summed E-state index contributed by atoms with van der Waals surface area (Å²) in [5.74, 6) is 0.232. The van der Waals surface area contributed by atoms with Crippen molar-refractivity contribution >= 4 is 29.1 Å². The van der Waals surface area contributed by atoms with Crippen LogP contribution in [0.25, 0.3) is 0 Å². The lowest BCUT2D eigenvalue weighted by atomic mass is 9.85. The van der Waals surface area contributed by atoms with Gasteiger partial charge in [0.1, 0.15) is 5.75 Å². The summed E-state index contributed by atoms with van der Waals surface area (Å²) in [4.78, 5) is 31.0. The van der Waals surface area contributed by atoms with E-state index >= 15 is 0 Å². The van der Waals surface area contributed by atoms with Crippen molar-refractivity contribution in [1.29, 1.82) is 0 Å². The Hall–Kier alpha value is -3.39. The van der Waals surface area contributed by atoms with Gasteiger partial charge >= 0.3 is 0 Å². The van der Waals surface area contributed by atoms with Crippen molar-refractivity contribution in [3.63, 3.8) is 0 Å². The largest absolute Gasteiger partial charge is 0.494 e. The maximum atomic E-state index is 14.0. The SMILES string of the molecule is CCOc1ccc2c(c1)C(N)(c1ccccc1Cl)C(=O)N2Cc1ccc(C(=O)NC(C)(C)CN(CC)CC)cc1. The van der Waals surface area contributed by atoms with E-state index in [9.17, 15) is 9.59 Å². The van der Waals surface area contributed by atoms with E-state index in [0.29, 0.717) is 46.3 Å². The number of nitrogens with one attached hydrogen (secondary N) is 1. The van der Waals surface area contributed by atoms with Crippen molar-refractivity contribution in [3.8, 4) is 5.75 Å². The number of likely N-dealkylation sites (N-methyl/N-ethyl adjacent to an activating group) is 1. The molecule has 0 aliphatic carbocycles. The smallest absolute Gasteiger partial charge is 0.256 e. The summed E-state index contributed by atoms with van der Waals surface area (Å²) in [6.45, 7) is 13.6. The van der Waals surface area contributed by atoms with Crippen LogP contribution in [-0.4, -0.2) is 48.5 Å². The second-order valence-corrected chi connectivity index (χ2v) is 11.2. The first-order chi connectivity index (χ1) is 19.0. The number of nitrogens with two attached hydrogens (primary N) is 1. The van der Waals surface area contributed by atoms with E-state index in [-0.39, 0.29) is 17.4 Å². The number of rotatable bonds is 11. The van der Waals surface area contributed by atoms with Crippen LogP contribution in [0.3, 0.4) is 0 Å². The van der Waals surface area contributed by atoms with Gasteiger partial charge in [0.15, 0.2) is 5.54 Å². The van der Waals surface area contributed by atoms with Crippen LogP contribution in [0, 0.1) is 0 Å². The molecule has 212 valence electrons. The third kappa shape index (κ3) is 5.87. The minimum Gasteiger partial charge on any atom is -0.494 e. The molecule has 1 heterocycles. The Morgan fingerprint density at radius 1 is 1.02 bits per heavy atom. The van der Waals surface area contributed by atoms with E-state index in [1.807, 2.05) is 63.2 Å². The zero-order valence-corrected chi connectivity index (χ0v) is 24.7. The molecule has 3 aromatic carbocycles. The van der Waals surface area contributed by atoms with Crippen molar-refractivity contribution in [2.24, 2.45) is 5.73 Å². The van der Waals surface area contributed by atoms with E-state index in [4.69, 9.17) is 22.1 Å². The number of nitrogens with zero attached hydrogens (tertiary/aromatic N) is 2. The molecule has 1 unspecified atom stereocenters. The summed E-state index contributed by atoms with van der Waals surface area (Å²) in [5, 5.41) is 3.57. The number of hydrogen-bond donors (Lipinski definition) is 2. The summed E-state index contributed by atoms with van der Waals surface area (Å²) in [6.07, 6.45) is 0. The van der Waals surface area contributed by atoms with Gasteiger partial charge in [-0.3, -0.25) is 9.59 Å². The van der Waals surface area contributed by atoms with Gasteiger partial charge in [0, 0.05) is 33.8 Å². The Bertz CT molecular complexity index is 1370. The zero-order valence-electron chi connectivity index (χ0n) is 24.0. The molecule has 8 heteroatoms. The van der Waals surface area contributed by atoms with Crippen molar-refractivity contribution < 1.29 is 14.3 Å². The molecule has 1 atom stereocenters. The predicted molar refractivity (Wildman–Crippen MR) is 161 cm³/mol. The summed E-state index contributed by atoms with van der Waals surface area (Å²) in [7, 11) is 0. The molecule has 0 spiro atoms. The molecule has 4 rings (SSSR count). The van der Waals surface area contributed by atoms with Gasteiger partial charge in [-0.2, -0.15) is 0 Å². The topological polar surface area (TPSA) is 87.9 Å². The Morgan fingerprint density at radius 3 is 2.33 bits per heavy atom. The van der Waals surface area contributed by atoms with Gasteiger partial charge in [-0.15, -0.1) is 0 Å². The van der Waals surface area contributed by atoms with Gasteiger partial charge < -0.3 is 25.6 Å². The fourth-order valence-electron chi connectivity index (χ4n) is 5.33. The number of carbonyl (C=O) groups is 2. The normalized spacial score (nSPS) is 16.8. The quantitative estimate of drug-likeness (QED) is 0.329. The van der Waals surface area contributed by atoms with E-state index < -0.39 is 5.54 Å². The number of ether oxygens (including phenoxy) is 1. The van der Waals surface area contributed by atoms with Gasteiger partial charge in [0.2, 0.25) is 0 Å². The van der Waals surface area contributed by atoms with E-state index in [1.54, 1.807) is 29.2 Å². The first-order valence-electron chi connectivity index (χ1n) is 13.8. The van der Waals surface area contributed by atoms with Gasteiger partial charge in [0.25, 0.3) is 11.8 Å². The van der Waals surface area contributed by atoms with Crippen LogP contribution in [0.15, 0.2) is 66.7 Å². The molecule has 1 aliphatic rings. The van der Waals surface area contributed by atoms with Crippen LogP contribution in [0.5, 0.6) is 5.75 Å². The fraction of sp³-hybridized carbons (Fsp3) is 0.375. The molecule has 0 saturated carbocycles. The maximum absolute atomic E-state index is 14.0. The van der Waals surface area contributed by atoms with Crippen molar-refractivity contribution in [1.82, 2.24) is 10.2 Å². The number of hydrogen-bond acceptors (Lipinski definition) is 5. The molecule has 40 heavy (non-hydrogen) atoms. The number of amides is 2. The van der Waals surface area contributed by atoms with E-state index in [2.05, 4.69) is 24.1 Å². The number of carbonyl (C=O) groups excluding carboxylic acids is 2. The van der Waals surface area contributed by atoms with Crippen molar-refractivity contribution in [3.05, 3.63) is 94.0 Å². The summed E-state index contributed by atoms with van der Waals surface area (Å²) < 4.78 is 5.72. The van der Waals surface area contributed by atoms with Crippen LogP contribution < -0.4 is 20.7 Å². The predicted octanol–water partition coefficient (Wildman–Crippen LogP) is 5.34. The number of halogens is 1. The molecular weight excluding hydrogens is 524 g/mol. The highest BCUT2D eigenvalue weighted by molar-refractivity contribution is 6.32. The van der Waals surface area contributed by atoms with Gasteiger partial charge in [0.05, 0.1) is 18.8 Å². The highest BCUT2D eigenvalue weighted by Gasteiger charge is 2.50. The molecule has 0 saturated heterocycles. The lowest BCUT2D eigenvalue weighted by molar-refractivity contribution is -0.121. The molecule has 3 N–H and O–H groups in total. The molecule has 2 amide bonds. The monoisotopic (exact) mass is 562 g/mol. The summed E-state index contributed by atoms with van der Waals surface area (Å²) in [6, 6.07) is 20.0. The Morgan fingerprint density at radius 2 is 1.70 bits per heavy atom. The van der Waals surface area contributed by atoms with Crippen molar-refractivity contribution in [2.75, 3.05) is 31.1 Å². The average Bonchev–Trinajstić information content (AvgIpc) is 3.14. The lowest BCUT2D eigenvalue weighted by Crippen LogP contribution is -2.51. The van der Waals surface area contributed by atoms with E-state index in [0.717, 1.165) is 25.2 Å². The van der Waals surface area contributed by atoms with Gasteiger partial charge in [-0.25, -0.2) is 0 Å². The Kier molecular flexibility index (Phi) is 8.88. The van der Waals surface area contributed by atoms with Crippen LogP contribution in [-0.2, 0) is 16.9 Å². The number of anilines is 1. The molecule has 0 bridgehead atoms. The Balaban J connectivity index is 1.59. The first-order valence-corrected chi connectivity index (χ1v) is 14.2. The fourth-order valence-corrected chi connectivity index (χ4v) is 5.61. The molecule has 0 fully saturated rings. The zero-order chi connectivity index (χ0) is 29.1. The average molecular weight is 563 g/mol. The highest BCUT2D eigenvalue weighted by Crippen LogP contribution is 2.46. The first kappa shape index (κ1) is 29.6. The Labute approximate surface area is 242 Å².